The highest BCUT2D eigenvalue weighted by atomic mass is 16.5. The molecule has 1 amide bonds. The standard InChI is InChI=1S/C19H24N4O2/c1-13-3-6-16(9-20-13)19(24)23-8-7-15-10-21-22(2)18(15)17(23)12-25-11-14-4-5-14/h3,6,9-10,14,17H,4-5,7-8,11-12H2,1-2H3/t17-/m1/s1. The molecule has 1 aliphatic carbocycles. The zero-order valence-corrected chi connectivity index (χ0v) is 14.8. The van der Waals surface area contributed by atoms with Crippen LogP contribution in [0.25, 0.3) is 0 Å². The zero-order chi connectivity index (χ0) is 17.4. The van der Waals surface area contributed by atoms with Gasteiger partial charge < -0.3 is 9.64 Å². The number of aromatic nitrogens is 3. The van der Waals surface area contributed by atoms with Crippen LogP contribution in [-0.2, 0) is 18.2 Å². The van der Waals surface area contributed by atoms with Gasteiger partial charge in [-0.2, -0.15) is 5.10 Å². The first-order valence-electron chi connectivity index (χ1n) is 8.95. The molecule has 0 radical (unpaired) electrons. The number of carbonyl (C=O) groups excluding carboxylic acids is 1. The Bertz CT molecular complexity index is 764. The van der Waals surface area contributed by atoms with Crippen molar-refractivity contribution in [3.05, 3.63) is 47.0 Å². The molecule has 4 rings (SSSR count). The second kappa shape index (κ2) is 6.59. The Labute approximate surface area is 147 Å². The van der Waals surface area contributed by atoms with Crippen LogP contribution in [0.15, 0.2) is 24.5 Å². The Balaban J connectivity index is 1.58. The molecule has 1 saturated carbocycles. The van der Waals surface area contributed by atoms with Crippen LogP contribution >= 0.6 is 0 Å². The van der Waals surface area contributed by atoms with Crippen LogP contribution in [0.1, 0.15) is 46.2 Å². The summed E-state index contributed by atoms with van der Waals surface area (Å²) < 4.78 is 7.85. The Kier molecular flexibility index (Phi) is 4.29. The smallest absolute Gasteiger partial charge is 0.256 e. The number of amides is 1. The minimum Gasteiger partial charge on any atom is -0.379 e. The average molecular weight is 340 g/mol. The third-order valence-electron chi connectivity index (χ3n) is 5.12. The summed E-state index contributed by atoms with van der Waals surface area (Å²) in [5.41, 5.74) is 3.85. The summed E-state index contributed by atoms with van der Waals surface area (Å²) >= 11 is 0. The van der Waals surface area contributed by atoms with Gasteiger partial charge in [-0.05, 0) is 49.8 Å². The molecule has 6 nitrogen and oxygen atoms in total. The van der Waals surface area contributed by atoms with Crippen molar-refractivity contribution in [3.8, 4) is 0 Å². The van der Waals surface area contributed by atoms with Gasteiger partial charge in [0.1, 0.15) is 0 Å². The lowest BCUT2D eigenvalue weighted by atomic mass is 9.99. The maximum atomic E-state index is 13.1. The van der Waals surface area contributed by atoms with Crippen molar-refractivity contribution in [1.82, 2.24) is 19.7 Å². The highest BCUT2D eigenvalue weighted by molar-refractivity contribution is 5.94. The predicted octanol–water partition coefficient (Wildman–Crippen LogP) is 2.29. The summed E-state index contributed by atoms with van der Waals surface area (Å²) in [6, 6.07) is 3.64. The number of ether oxygens (including phenoxy) is 1. The third-order valence-corrected chi connectivity index (χ3v) is 5.12. The predicted molar refractivity (Wildman–Crippen MR) is 93.2 cm³/mol. The number of nitrogens with zero attached hydrogens (tertiary/aromatic N) is 4. The molecule has 0 aromatic carbocycles. The topological polar surface area (TPSA) is 60.2 Å². The quantitative estimate of drug-likeness (QED) is 0.838. The van der Waals surface area contributed by atoms with E-state index in [9.17, 15) is 4.79 Å². The molecule has 0 N–H and O–H groups in total. The van der Waals surface area contributed by atoms with E-state index in [1.165, 1.54) is 18.4 Å². The van der Waals surface area contributed by atoms with Crippen molar-refractivity contribution in [2.75, 3.05) is 19.8 Å². The first-order valence-corrected chi connectivity index (χ1v) is 8.95. The highest BCUT2D eigenvalue weighted by Gasteiger charge is 2.34. The molecular weight excluding hydrogens is 316 g/mol. The fraction of sp³-hybridized carbons (Fsp3) is 0.526. The van der Waals surface area contributed by atoms with Crippen molar-refractivity contribution < 1.29 is 9.53 Å². The minimum atomic E-state index is -0.0937. The summed E-state index contributed by atoms with van der Waals surface area (Å²) in [6.45, 7) is 3.92. The molecule has 1 fully saturated rings. The molecule has 6 heteroatoms. The van der Waals surface area contributed by atoms with Gasteiger partial charge in [0, 0.05) is 32.1 Å². The fourth-order valence-electron chi connectivity index (χ4n) is 3.46. The SMILES string of the molecule is Cc1ccc(C(=O)N2CCc3cnn(C)c3[C@H]2COCC2CC2)cn1. The molecule has 0 unspecified atom stereocenters. The number of fused-ring (bicyclic) bond motifs is 1. The Hall–Kier alpha value is -2.21. The molecule has 0 spiro atoms. The molecule has 132 valence electrons. The largest absolute Gasteiger partial charge is 0.379 e. The number of pyridine rings is 1. The van der Waals surface area contributed by atoms with E-state index >= 15 is 0 Å². The van der Waals surface area contributed by atoms with Crippen LogP contribution in [0.4, 0.5) is 0 Å². The van der Waals surface area contributed by atoms with Gasteiger partial charge in [-0.3, -0.25) is 14.5 Å². The van der Waals surface area contributed by atoms with E-state index < -0.39 is 0 Å². The van der Waals surface area contributed by atoms with Crippen molar-refractivity contribution in [1.29, 1.82) is 0 Å². The van der Waals surface area contributed by atoms with E-state index in [1.54, 1.807) is 6.20 Å². The summed E-state index contributed by atoms with van der Waals surface area (Å²) in [6.07, 6.45) is 6.93. The number of rotatable bonds is 5. The molecule has 0 saturated heterocycles. The van der Waals surface area contributed by atoms with Crippen LogP contribution in [-0.4, -0.2) is 45.3 Å². The maximum Gasteiger partial charge on any atom is 0.256 e. The molecule has 2 aromatic rings. The molecule has 1 aliphatic heterocycles. The van der Waals surface area contributed by atoms with Crippen molar-refractivity contribution in [3.63, 3.8) is 0 Å². The van der Waals surface area contributed by atoms with Gasteiger partial charge >= 0.3 is 0 Å². The summed E-state index contributed by atoms with van der Waals surface area (Å²) in [5.74, 6) is 0.722. The molecule has 0 bridgehead atoms. The van der Waals surface area contributed by atoms with Crippen LogP contribution in [0, 0.1) is 12.8 Å². The van der Waals surface area contributed by atoms with Gasteiger partial charge in [0.15, 0.2) is 0 Å². The van der Waals surface area contributed by atoms with Gasteiger partial charge in [0.05, 0.1) is 30.1 Å². The van der Waals surface area contributed by atoms with Gasteiger partial charge in [0.2, 0.25) is 0 Å². The van der Waals surface area contributed by atoms with Crippen molar-refractivity contribution >= 4 is 5.91 Å². The van der Waals surface area contributed by atoms with Crippen LogP contribution in [0.5, 0.6) is 0 Å². The zero-order valence-electron chi connectivity index (χ0n) is 14.8. The summed E-state index contributed by atoms with van der Waals surface area (Å²) in [7, 11) is 1.94. The molecular formula is C19H24N4O2. The summed E-state index contributed by atoms with van der Waals surface area (Å²) in [5, 5.41) is 4.39. The first-order chi connectivity index (χ1) is 12.1. The highest BCUT2D eigenvalue weighted by Crippen LogP contribution is 2.33. The average Bonchev–Trinajstić information content (AvgIpc) is 3.36. The van der Waals surface area contributed by atoms with Gasteiger partial charge in [-0.15, -0.1) is 0 Å². The molecule has 25 heavy (non-hydrogen) atoms. The minimum absolute atomic E-state index is 0.0133. The number of hydrogen-bond donors (Lipinski definition) is 0. The Morgan fingerprint density at radius 1 is 1.28 bits per heavy atom. The lowest BCUT2D eigenvalue weighted by Crippen LogP contribution is -2.42. The molecule has 2 aromatic heterocycles. The van der Waals surface area contributed by atoms with Gasteiger partial charge in [-0.1, -0.05) is 0 Å². The Morgan fingerprint density at radius 2 is 2.12 bits per heavy atom. The van der Waals surface area contributed by atoms with Gasteiger partial charge in [-0.25, -0.2) is 0 Å². The van der Waals surface area contributed by atoms with E-state index in [0.29, 0.717) is 24.6 Å². The van der Waals surface area contributed by atoms with E-state index in [1.807, 2.05) is 41.9 Å². The normalized spacial score (nSPS) is 19.8. The molecule has 2 aliphatic rings. The van der Waals surface area contributed by atoms with Gasteiger partial charge in [0.25, 0.3) is 5.91 Å². The fourth-order valence-corrected chi connectivity index (χ4v) is 3.46. The molecule has 1 atom stereocenters. The van der Waals surface area contributed by atoms with E-state index in [-0.39, 0.29) is 11.9 Å². The number of carbonyl (C=O) groups is 1. The Morgan fingerprint density at radius 3 is 2.84 bits per heavy atom. The number of aryl methyl sites for hydroxylation is 2. The second-order valence-electron chi connectivity index (χ2n) is 7.11. The van der Waals surface area contributed by atoms with Crippen LogP contribution in [0.3, 0.4) is 0 Å². The number of hydrogen-bond acceptors (Lipinski definition) is 4. The first kappa shape index (κ1) is 16.3. The lowest BCUT2D eigenvalue weighted by molar-refractivity contribution is 0.0348. The van der Waals surface area contributed by atoms with Crippen molar-refractivity contribution in [2.24, 2.45) is 13.0 Å². The van der Waals surface area contributed by atoms with E-state index in [2.05, 4.69) is 10.1 Å². The lowest BCUT2D eigenvalue weighted by Gasteiger charge is -2.36. The van der Waals surface area contributed by atoms with Crippen molar-refractivity contribution in [2.45, 2.75) is 32.2 Å². The van der Waals surface area contributed by atoms with Crippen LogP contribution < -0.4 is 0 Å². The third kappa shape index (κ3) is 3.31. The summed E-state index contributed by atoms with van der Waals surface area (Å²) in [4.78, 5) is 19.3. The van der Waals surface area contributed by atoms with Crippen LogP contribution in [0.2, 0.25) is 0 Å². The maximum absolute atomic E-state index is 13.1. The van der Waals surface area contributed by atoms with E-state index in [0.717, 1.165) is 24.4 Å². The van der Waals surface area contributed by atoms with E-state index in [4.69, 9.17) is 4.74 Å². The monoisotopic (exact) mass is 340 g/mol. The molecule has 3 heterocycles. The second-order valence-corrected chi connectivity index (χ2v) is 7.11.